The summed E-state index contributed by atoms with van der Waals surface area (Å²) in [6.07, 6.45) is 6.01. The maximum atomic E-state index is 5.94. The Bertz CT molecular complexity index is 769. The largest absolute Gasteiger partial charge is 0.436 e. The lowest BCUT2D eigenvalue weighted by atomic mass is 10.2. The molecule has 3 aromatic heterocycles. The number of nitrogens with zero attached hydrogens (tertiary/aromatic N) is 3. The van der Waals surface area contributed by atoms with E-state index in [1.54, 1.807) is 12.4 Å². The Balaban J connectivity index is 2.04. The number of imidazole rings is 1. The molecule has 3 heterocycles. The van der Waals surface area contributed by atoms with E-state index in [-0.39, 0.29) is 6.04 Å². The molecule has 0 saturated carbocycles. The molecule has 108 valence electrons. The quantitative estimate of drug-likeness (QED) is 0.787. The number of pyridine rings is 2. The summed E-state index contributed by atoms with van der Waals surface area (Å²) in [6.45, 7) is 1.97. The molecule has 0 aromatic carbocycles. The van der Waals surface area contributed by atoms with Gasteiger partial charge in [0, 0.05) is 29.3 Å². The van der Waals surface area contributed by atoms with Crippen molar-refractivity contribution in [3.8, 4) is 11.6 Å². The molecule has 0 aliphatic rings. The van der Waals surface area contributed by atoms with Gasteiger partial charge in [-0.1, -0.05) is 6.07 Å². The van der Waals surface area contributed by atoms with Gasteiger partial charge in [0.15, 0.2) is 0 Å². The van der Waals surface area contributed by atoms with E-state index in [0.717, 1.165) is 15.8 Å². The smallest absolute Gasteiger partial charge is 0.241 e. The van der Waals surface area contributed by atoms with Gasteiger partial charge >= 0.3 is 0 Å². The highest BCUT2D eigenvalue weighted by Crippen LogP contribution is 2.27. The molecule has 1 atom stereocenters. The fraction of sp³-hybridized carbons (Fsp3) is 0.200. The Hall–Kier alpha value is -1.92. The molecule has 0 aliphatic heterocycles. The number of hydrogen-bond acceptors (Lipinski definition) is 4. The Labute approximate surface area is 130 Å². The highest BCUT2D eigenvalue weighted by Gasteiger charge is 2.15. The minimum Gasteiger partial charge on any atom is -0.436 e. The average Bonchev–Trinajstić information content (AvgIpc) is 2.76. The minimum absolute atomic E-state index is 0.0214. The summed E-state index contributed by atoms with van der Waals surface area (Å²) in [5.74, 6) is 1.21. The second-order valence-electron chi connectivity index (χ2n) is 4.91. The van der Waals surface area contributed by atoms with Crippen molar-refractivity contribution in [3.63, 3.8) is 0 Å². The maximum absolute atomic E-state index is 5.94. The van der Waals surface area contributed by atoms with Gasteiger partial charge in [0.1, 0.15) is 11.4 Å². The zero-order valence-electron chi connectivity index (χ0n) is 11.5. The van der Waals surface area contributed by atoms with Crippen molar-refractivity contribution in [2.45, 2.75) is 19.4 Å². The van der Waals surface area contributed by atoms with Crippen LogP contribution in [0.4, 0.5) is 0 Å². The van der Waals surface area contributed by atoms with Crippen LogP contribution in [0.5, 0.6) is 11.6 Å². The number of hydrogen-bond donors (Lipinski definition) is 1. The molecule has 6 heteroatoms. The highest BCUT2D eigenvalue weighted by molar-refractivity contribution is 9.10. The molecule has 21 heavy (non-hydrogen) atoms. The van der Waals surface area contributed by atoms with Crippen LogP contribution in [0.15, 0.2) is 47.3 Å². The molecular formula is C15H15BrN4O. The second kappa shape index (κ2) is 5.83. The van der Waals surface area contributed by atoms with Gasteiger partial charge in [-0.25, -0.2) is 0 Å². The molecule has 0 fully saturated rings. The summed E-state index contributed by atoms with van der Waals surface area (Å²) in [4.78, 5) is 8.63. The van der Waals surface area contributed by atoms with E-state index in [2.05, 4.69) is 25.9 Å². The molecule has 0 amide bonds. The standard InChI is InChI=1S/C15H15BrN4O/c1-10(17)6-13-15(19-14-4-2-3-5-20(13)14)21-12-7-11(16)8-18-9-12/h2-5,7-10H,6,17H2,1H3. The summed E-state index contributed by atoms with van der Waals surface area (Å²) < 4.78 is 8.76. The zero-order chi connectivity index (χ0) is 14.8. The van der Waals surface area contributed by atoms with Crippen molar-refractivity contribution in [2.75, 3.05) is 0 Å². The van der Waals surface area contributed by atoms with Gasteiger partial charge < -0.3 is 14.9 Å². The molecular weight excluding hydrogens is 332 g/mol. The summed E-state index contributed by atoms with van der Waals surface area (Å²) in [6, 6.07) is 7.73. The maximum Gasteiger partial charge on any atom is 0.241 e. The van der Waals surface area contributed by atoms with Crippen LogP contribution < -0.4 is 10.5 Å². The summed E-state index contributed by atoms with van der Waals surface area (Å²) in [7, 11) is 0. The first-order valence-corrected chi connectivity index (χ1v) is 7.43. The lowest BCUT2D eigenvalue weighted by Gasteiger charge is -2.08. The van der Waals surface area contributed by atoms with E-state index < -0.39 is 0 Å². The fourth-order valence-electron chi connectivity index (χ4n) is 2.16. The SMILES string of the molecule is CC(N)Cc1c(Oc2cncc(Br)c2)nc2ccccn12. The number of ether oxygens (including phenoxy) is 1. The van der Waals surface area contributed by atoms with Crippen molar-refractivity contribution >= 4 is 21.6 Å². The van der Waals surface area contributed by atoms with Gasteiger partial charge in [0.25, 0.3) is 0 Å². The molecule has 3 rings (SSSR count). The van der Waals surface area contributed by atoms with Crippen molar-refractivity contribution in [2.24, 2.45) is 5.73 Å². The number of rotatable bonds is 4. The normalized spacial score (nSPS) is 12.5. The monoisotopic (exact) mass is 346 g/mol. The lowest BCUT2D eigenvalue weighted by molar-refractivity contribution is 0.454. The van der Waals surface area contributed by atoms with E-state index in [9.17, 15) is 0 Å². The van der Waals surface area contributed by atoms with E-state index >= 15 is 0 Å². The van der Waals surface area contributed by atoms with Crippen LogP contribution in [0.25, 0.3) is 5.65 Å². The third-order valence-corrected chi connectivity index (χ3v) is 3.44. The van der Waals surface area contributed by atoms with Crippen LogP contribution in [0.3, 0.4) is 0 Å². The predicted octanol–water partition coefficient (Wildman–Crippen LogP) is 3.17. The van der Waals surface area contributed by atoms with Crippen LogP contribution in [0.2, 0.25) is 0 Å². The average molecular weight is 347 g/mol. The number of aromatic nitrogens is 3. The second-order valence-corrected chi connectivity index (χ2v) is 5.83. The first-order chi connectivity index (χ1) is 10.1. The van der Waals surface area contributed by atoms with Gasteiger partial charge in [0.2, 0.25) is 5.88 Å². The Morgan fingerprint density at radius 2 is 2.24 bits per heavy atom. The van der Waals surface area contributed by atoms with E-state index in [0.29, 0.717) is 18.1 Å². The first-order valence-electron chi connectivity index (χ1n) is 6.63. The number of nitrogens with two attached hydrogens (primary N) is 1. The van der Waals surface area contributed by atoms with Crippen LogP contribution in [0.1, 0.15) is 12.6 Å². The van der Waals surface area contributed by atoms with E-state index in [4.69, 9.17) is 10.5 Å². The molecule has 5 nitrogen and oxygen atoms in total. The number of halogens is 1. The van der Waals surface area contributed by atoms with Crippen LogP contribution in [-0.4, -0.2) is 20.4 Å². The van der Waals surface area contributed by atoms with Crippen molar-refractivity contribution in [1.82, 2.24) is 14.4 Å². The Morgan fingerprint density at radius 3 is 3.00 bits per heavy atom. The third-order valence-electron chi connectivity index (χ3n) is 3.00. The first kappa shape index (κ1) is 14.0. The highest BCUT2D eigenvalue weighted by atomic mass is 79.9. The summed E-state index contributed by atoms with van der Waals surface area (Å²) >= 11 is 3.38. The fourth-order valence-corrected chi connectivity index (χ4v) is 2.50. The molecule has 0 bridgehead atoms. The van der Waals surface area contributed by atoms with Crippen LogP contribution in [-0.2, 0) is 6.42 Å². The summed E-state index contributed by atoms with van der Waals surface area (Å²) in [5, 5.41) is 0. The van der Waals surface area contributed by atoms with Gasteiger partial charge in [0.05, 0.1) is 11.9 Å². The lowest BCUT2D eigenvalue weighted by Crippen LogP contribution is -2.19. The Kier molecular flexibility index (Phi) is 3.90. The topological polar surface area (TPSA) is 65.4 Å². The van der Waals surface area contributed by atoms with Gasteiger partial charge in [-0.2, -0.15) is 4.98 Å². The Morgan fingerprint density at radius 1 is 1.38 bits per heavy atom. The molecule has 0 saturated heterocycles. The zero-order valence-corrected chi connectivity index (χ0v) is 13.1. The predicted molar refractivity (Wildman–Crippen MR) is 84.6 cm³/mol. The van der Waals surface area contributed by atoms with Crippen molar-refractivity contribution in [1.29, 1.82) is 0 Å². The van der Waals surface area contributed by atoms with E-state index in [1.807, 2.05) is 41.8 Å². The van der Waals surface area contributed by atoms with Crippen LogP contribution >= 0.6 is 15.9 Å². The molecule has 1 unspecified atom stereocenters. The molecule has 2 N–H and O–H groups in total. The molecule has 0 aliphatic carbocycles. The molecule has 3 aromatic rings. The van der Waals surface area contributed by atoms with Crippen molar-refractivity contribution in [3.05, 3.63) is 53.0 Å². The minimum atomic E-state index is 0.0214. The van der Waals surface area contributed by atoms with Gasteiger partial charge in [-0.05, 0) is 41.1 Å². The molecule has 0 spiro atoms. The van der Waals surface area contributed by atoms with Gasteiger partial charge in [-0.3, -0.25) is 4.98 Å². The summed E-state index contributed by atoms with van der Waals surface area (Å²) in [5.41, 5.74) is 7.74. The van der Waals surface area contributed by atoms with Crippen LogP contribution in [0, 0.1) is 0 Å². The van der Waals surface area contributed by atoms with Gasteiger partial charge in [-0.15, -0.1) is 0 Å². The van der Waals surface area contributed by atoms with Crippen molar-refractivity contribution < 1.29 is 4.74 Å². The molecule has 0 radical (unpaired) electrons. The number of fused-ring (bicyclic) bond motifs is 1. The van der Waals surface area contributed by atoms with E-state index in [1.165, 1.54) is 0 Å². The third kappa shape index (κ3) is 3.06.